The number of amides is 3. The Balaban J connectivity index is 1.37. The first kappa shape index (κ1) is 19.7. The lowest BCUT2D eigenvalue weighted by atomic mass is 9.99. The molecule has 3 aromatic rings. The molecule has 5 heteroatoms. The van der Waals surface area contributed by atoms with Crippen molar-refractivity contribution in [2.45, 2.75) is 12.5 Å². The van der Waals surface area contributed by atoms with E-state index in [1.807, 2.05) is 91.0 Å². The summed E-state index contributed by atoms with van der Waals surface area (Å²) in [5.74, 6) is 0.190. The average molecular weight is 399 g/mol. The molecule has 3 amide bonds. The van der Waals surface area contributed by atoms with Gasteiger partial charge >= 0.3 is 6.03 Å². The lowest BCUT2D eigenvalue weighted by Crippen LogP contribution is -2.41. The molecule has 1 aliphatic heterocycles. The quantitative estimate of drug-likeness (QED) is 0.655. The zero-order valence-electron chi connectivity index (χ0n) is 16.7. The zero-order valence-corrected chi connectivity index (χ0v) is 16.7. The molecule has 0 radical (unpaired) electrons. The second-order valence-corrected chi connectivity index (χ2v) is 7.52. The Morgan fingerprint density at radius 3 is 1.97 bits per heavy atom. The maximum absolute atomic E-state index is 12.7. The number of nitrogens with zero attached hydrogens (tertiary/aromatic N) is 1. The number of para-hydroxylation sites is 1. The Bertz CT molecular complexity index is 938. The fraction of sp³-hybridized carbons (Fsp3) is 0.200. The number of rotatable bonds is 6. The second-order valence-electron chi connectivity index (χ2n) is 7.52. The van der Waals surface area contributed by atoms with Gasteiger partial charge in [-0.15, -0.1) is 0 Å². The normalized spacial score (nSPS) is 16.0. The van der Waals surface area contributed by atoms with Crippen LogP contribution in [0.3, 0.4) is 0 Å². The van der Waals surface area contributed by atoms with E-state index in [0.717, 1.165) is 16.8 Å². The van der Waals surface area contributed by atoms with E-state index in [1.165, 1.54) is 0 Å². The van der Waals surface area contributed by atoms with Gasteiger partial charge in [-0.1, -0.05) is 78.9 Å². The molecule has 4 rings (SSSR count). The molecule has 0 saturated carbocycles. The molecule has 1 heterocycles. The van der Waals surface area contributed by atoms with Crippen molar-refractivity contribution >= 4 is 17.6 Å². The van der Waals surface area contributed by atoms with Crippen LogP contribution < -0.4 is 15.5 Å². The van der Waals surface area contributed by atoms with E-state index >= 15 is 0 Å². The molecule has 3 aromatic carbocycles. The molecule has 1 fully saturated rings. The maximum atomic E-state index is 12.7. The summed E-state index contributed by atoms with van der Waals surface area (Å²) in [5, 5.41) is 6.04. The molecule has 152 valence electrons. The highest BCUT2D eigenvalue weighted by molar-refractivity contribution is 5.95. The van der Waals surface area contributed by atoms with Crippen molar-refractivity contribution in [2.75, 3.05) is 18.0 Å². The first-order valence-electron chi connectivity index (χ1n) is 10.2. The molecule has 0 aliphatic carbocycles. The minimum Gasteiger partial charge on any atom is -0.338 e. The van der Waals surface area contributed by atoms with Crippen LogP contribution in [0.1, 0.15) is 23.6 Å². The maximum Gasteiger partial charge on any atom is 0.315 e. The van der Waals surface area contributed by atoms with Gasteiger partial charge in [0.15, 0.2) is 0 Å². The number of anilines is 1. The number of carbonyl (C=O) groups excluding carboxylic acids is 2. The topological polar surface area (TPSA) is 61.4 Å². The van der Waals surface area contributed by atoms with E-state index in [2.05, 4.69) is 10.6 Å². The van der Waals surface area contributed by atoms with Crippen LogP contribution in [0.4, 0.5) is 10.5 Å². The van der Waals surface area contributed by atoms with Gasteiger partial charge < -0.3 is 15.5 Å². The number of carbonyl (C=O) groups is 2. The Morgan fingerprint density at radius 2 is 1.40 bits per heavy atom. The summed E-state index contributed by atoms with van der Waals surface area (Å²) in [7, 11) is 0. The van der Waals surface area contributed by atoms with Gasteiger partial charge in [0, 0.05) is 31.1 Å². The molecule has 30 heavy (non-hydrogen) atoms. The van der Waals surface area contributed by atoms with Gasteiger partial charge in [0.1, 0.15) is 0 Å². The molecule has 1 saturated heterocycles. The molecule has 1 atom stereocenters. The molecule has 5 nitrogen and oxygen atoms in total. The molecule has 0 bridgehead atoms. The Morgan fingerprint density at radius 1 is 0.867 bits per heavy atom. The first-order valence-corrected chi connectivity index (χ1v) is 10.2. The third-order valence-corrected chi connectivity index (χ3v) is 5.37. The largest absolute Gasteiger partial charge is 0.338 e. The minimum atomic E-state index is -0.238. The van der Waals surface area contributed by atoms with Crippen molar-refractivity contribution in [1.82, 2.24) is 10.6 Å². The van der Waals surface area contributed by atoms with Crippen molar-refractivity contribution < 1.29 is 9.59 Å². The van der Waals surface area contributed by atoms with Crippen molar-refractivity contribution in [1.29, 1.82) is 0 Å². The molecule has 1 aliphatic rings. The van der Waals surface area contributed by atoms with Crippen LogP contribution in [0, 0.1) is 5.92 Å². The van der Waals surface area contributed by atoms with Crippen molar-refractivity contribution in [3.05, 3.63) is 102 Å². The Kier molecular flexibility index (Phi) is 6.09. The number of hydrogen-bond acceptors (Lipinski definition) is 2. The van der Waals surface area contributed by atoms with E-state index in [0.29, 0.717) is 19.5 Å². The third-order valence-electron chi connectivity index (χ3n) is 5.37. The number of hydrogen-bond donors (Lipinski definition) is 2. The van der Waals surface area contributed by atoms with Gasteiger partial charge in [-0.25, -0.2) is 4.79 Å². The van der Waals surface area contributed by atoms with Crippen LogP contribution in [0.2, 0.25) is 0 Å². The van der Waals surface area contributed by atoms with Crippen LogP contribution in [-0.4, -0.2) is 25.0 Å². The summed E-state index contributed by atoms with van der Waals surface area (Å²) in [6.07, 6.45) is 0.440. The Hall–Kier alpha value is -3.60. The monoisotopic (exact) mass is 399 g/mol. The van der Waals surface area contributed by atoms with E-state index < -0.39 is 0 Å². The van der Waals surface area contributed by atoms with Crippen molar-refractivity contribution in [3.8, 4) is 0 Å². The smallest absolute Gasteiger partial charge is 0.315 e. The molecule has 0 spiro atoms. The fourth-order valence-electron chi connectivity index (χ4n) is 3.85. The zero-order chi connectivity index (χ0) is 20.8. The van der Waals surface area contributed by atoms with E-state index in [1.54, 1.807) is 4.90 Å². The van der Waals surface area contributed by atoms with Crippen LogP contribution >= 0.6 is 0 Å². The SMILES string of the molecule is O=C(NC[C@@H]1CC(=O)N(c2ccccc2)C1)NC(c1ccccc1)c1ccccc1. The van der Waals surface area contributed by atoms with Gasteiger partial charge in [0.2, 0.25) is 5.91 Å². The lowest BCUT2D eigenvalue weighted by Gasteiger charge is -2.21. The summed E-state index contributed by atoms with van der Waals surface area (Å²) in [6.45, 7) is 1.07. The number of nitrogens with one attached hydrogen (secondary N) is 2. The highest BCUT2D eigenvalue weighted by Crippen LogP contribution is 2.25. The van der Waals surface area contributed by atoms with Gasteiger partial charge in [-0.05, 0) is 23.3 Å². The highest BCUT2D eigenvalue weighted by Gasteiger charge is 2.30. The summed E-state index contributed by atoms with van der Waals surface area (Å²) in [6, 6.07) is 29.0. The van der Waals surface area contributed by atoms with E-state index in [9.17, 15) is 9.59 Å². The second kappa shape index (κ2) is 9.27. The summed E-state index contributed by atoms with van der Waals surface area (Å²) < 4.78 is 0. The van der Waals surface area contributed by atoms with Crippen LogP contribution in [0.25, 0.3) is 0 Å². The molecule has 0 unspecified atom stereocenters. The van der Waals surface area contributed by atoms with Crippen molar-refractivity contribution in [2.24, 2.45) is 5.92 Å². The van der Waals surface area contributed by atoms with Crippen LogP contribution in [-0.2, 0) is 4.79 Å². The first-order chi connectivity index (χ1) is 14.7. The van der Waals surface area contributed by atoms with E-state index in [-0.39, 0.29) is 23.9 Å². The third kappa shape index (κ3) is 4.69. The van der Waals surface area contributed by atoms with Gasteiger partial charge in [0.25, 0.3) is 0 Å². The highest BCUT2D eigenvalue weighted by atomic mass is 16.2. The van der Waals surface area contributed by atoms with Gasteiger partial charge in [-0.2, -0.15) is 0 Å². The van der Waals surface area contributed by atoms with Crippen molar-refractivity contribution in [3.63, 3.8) is 0 Å². The molecular weight excluding hydrogens is 374 g/mol. The summed E-state index contributed by atoms with van der Waals surface area (Å²) in [5.41, 5.74) is 2.94. The van der Waals surface area contributed by atoms with Crippen LogP contribution in [0.5, 0.6) is 0 Å². The molecule has 0 aromatic heterocycles. The predicted molar refractivity (Wildman–Crippen MR) is 118 cm³/mol. The number of urea groups is 1. The fourth-order valence-corrected chi connectivity index (χ4v) is 3.85. The molecular formula is C25H25N3O2. The van der Waals surface area contributed by atoms with Gasteiger partial charge in [-0.3, -0.25) is 4.79 Å². The number of benzene rings is 3. The Labute approximate surface area is 176 Å². The minimum absolute atomic E-state index is 0.0929. The van der Waals surface area contributed by atoms with Gasteiger partial charge in [0.05, 0.1) is 6.04 Å². The van der Waals surface area contributed by atoms with Crippen LogP contribution in [0.15, 0.2) is 91.0 Å². The predicted octanol–water partition coefficient (Wildman–Crippen LogP) is 4.13. The molecule has 2 N–H and O–H groups in total. The summed E-state index contributed by atoms with van der Waals surface area (Å²) in [4.78, 5) is 26.8. The lowest BCUT2D eigenvalue weighted by molar-refractivity contribution is -0.117. The standard InChI is InChI=1S/C25H25N3O2/c29-23-16-19(18-28(23)22-14-8-3-9-15-22)17-26-25(30)27-24(20-10-4-1-5-11-20)21-12-6-2-7-13-21/h1-15,19,24H,16-18H2,(H2,26,27,30)/t19-/m0/s1. The van der Waals surface area contributed by atoms with E-state index in [4.69, 9.17) is 0 Å². The average Bonchev–Trinajstić information content (AvgIpc) is 3.18. The summed E-state index contributed by atoms with van der Waals surface area (Å²) >= 11 is 0.